The highest BCUT2D eigenvalue weighted by molar-refractivity contribution is 5.95. The van der Waals surface area contributed by atoms with E-state index in [2.05, 4.69) is 12.2 Å². The van der Waals surface area contributed by atoms with Crippen LogP contribution in [0.4, 0.5) is 5.69 Å². The van der Waals surface area contributed by atoms with Crippen LogP contribution in [-0.4, -0.2) is 32.3 Å². The number of carbonyl (C=O) groups excluding carboxylic acids is 1. The van der Waals surface area contributed by atoms with Gasteiger partial charge in [0, 0.05) is 18.7 Å². The van der Waals surface area contributed by atoms with Gasteiger partial charge in [-0.25, -0.2) is 0 Å². The quantitative estimate of drug-likeness (QED) is 0.537. The number of nitrogens with one attached hydrogen (secondary N) is 1. The lowest BCUT2D eigenvalue weighted by molar-refractivity contribution is 0.0954. The van der Waals surface area contributed by atoms with E-state index in [1.54, 1.807) is 18.2 Å². The molecule has 0 unspecified atom stereocenters. The van der Waals surface area contributed by atoms with Gasteiger partial charge in [0.2, 0.25) is 0 Å². The molecule has 0 saturated heterocycles. The fourth-order valence-corrected chi connectivity index (χ4v) is 1.64. The Bertz CT molecular complexity index is 422. The predicted octanol–water partition coefficient (Wildman–Crippen LogP) is 2.21. The molecule has 0 saturated carbocycles. The smallest absolute Gasteiger partial charge is 0.251 e. The lowest BCUT2D eigenvalue weighted by Crippen LogP contribution is -2.22. The van der Waals surface area contributed by atoms with Gasteiger partial charge in [0.25, 0.3) is 5.91 Å². The van der Waals surface area contributed by atoms with Crippen molar-refractivity contribution in [1.82, 2.24) is 5.32 Å². The van der Waals surface area contributed by atoms with Crippen molar-refractivity contribution in [3.05, 3.63) is 23.8 Å². The lowest BCUT2D eigenvalue weighted by atomic mass is 10.2. The first-order chi connectivity index (χ1) is 9.69. The summed E-state index contributed by atoms with van der Waals surface area (Å²) in [7, 11) is 0. The highest BCUT2D eigenvalue weighted by Crippen LogP contribution is 2.22. The molecular formula is C15H24N2O3. The van der Waals surface area contributed by atoms with Crippen LogP contribution >= 0.6 is 0 Å². The molecule has 0 spiro atoms. The summed E-state index contributed by atoms with van der Waals surface area (Å²) in [5.41, 5.74) is 6.87. The molecule has 0 fully saturated rings. The number of nitrogen functional groups attached to an aromatic ring is 1. The van der Waals surface area contributed by atoms with E-state index in [0.717, 1.165) is 19.4 Å². The van der Waals surface area contributed by atoms with Crippen LogP contribution in [0.3, 0.4) is 0 Å². The van der Waals surface area contributed by atoms with Gasteiger partial charge in [-0.15, -0.1) is 0 Å². The first-order valence-corrected chi connectivity index (χ1v) is 7.07. The van der Waals surface area contributed by atoms with Gasteiger partial charge in [-0.3, -0.25) is 4.79 Å². The molecular weight excluding hydrogens is 256 g/mol. The number of carbonyl (C=O) groups is 1. The summed E-state index contributed by atoms with van der Waals surface area (Å²) >= 11 is 0. The Morgan fingerprint density at radius 3 is 2.70 bits per heavy atom. The first kappa shape index (κ1) is 16.3. The van der Waals surface area contributed by atoms with Crippen LogP contribution < -0.4 is 15.8 Å². The number of unbranched alkanes of at least 4 members (excludes halogenated alkanes) is 1. The second kappa shape index (κ2) is 9.20. The molecule has 1 aromatic carbocycles. The molecule has 0 heterocycles. The summed E-state index contributed by atoms with van der Waals surface area (Å²) in [6.45, 7) is 6.33. The minimum atomic E-state index is -0.131. The highest BCUT2D eigenvalue weighted by atomic mass is 16.5. The first-order valence-electron chi connectivity index (χ1n) is 7.07. The van der Waals surface area contributed by atoms with Crippen LogP contribution in [0.2, 0.25) is 0 Å². The third kappa shape index (κ3) is 5.48. The van der Waals surface area contributed by atoms with Crippen LogP contribution in [0.15, 0.2) is 18.2 Å². The second-order valence-corrected chi connectivity index (χ2v) is 4.43. The molecule has 0 radical (unpaired) electrons. The number of hydrogen-bond donors (Lipinski definition) is 2. The molecule has 0 aromatic heterocycles. The van der Waals surface area contributed by atoms with Gasteiger partial charge >= 0.3 is 0 Å². The number of ether oxygens (including phenoxy) is 2. The van der Waals surface area contributed by atoms with Gasteiger partial charge < -0.3 is 20.5 Å². The molecule has 0 aliphatic heterocycles. The van der Waals surface area contributed by atoms with E-state index in [0.29, 0.717) is 36.8 Å². The van der Waals surface area contributed by atoms with E-state index in [4.69, 9.17) is 15.2 Å². The maximum atomic E-state index is 11.6. The van der Waals surface area contributed by atoms with Crippen LogP contribution in [0, 0.1) is 0 Å². The minimum absolute atomic E-state index is 0.131. The zero-order valence-corrected chi connectivity index (χ0v) is 12.3. The SMILES string of the molecule is CCCCOCCOc1ccc(C(=O)NCC)cc1N. The third-order valence-corrected chi connectivity index (χ3v) is 2.74. The van der Waals surface area contributed by atoms with Gasteiger partial charge in [0.05, 0.1) is 12.3 Å². The molecule has 0 aliphatic carbocycles. The summed E-state index contributed by atoms with van der Waals surface area (Å²) in [4.78, 5) is 11.6. The average Bonchev–Trinajstić information content (AvgIpc) is 2.44. The van der Waals surface area contributed by atoms with Crippen LogP contribution in [0.1, 0.15) is 37.0 Å². The number of rotatable bonds is 9. The van der Waals surface area contributed by atoms with Crippen LogP contribution in [0.5, 0.6) is 5.75 Å². The number of anilines is 1. The third-order valence-electron chi connectivity index (χ3n) is 2.74. The molecule has 5 heteroatoms. The Morgan fingerprint density at radius 2 is 2.05 bits per heavy atom. The van der Waals surface area contributed by atoms with Crippen molar-refractivity contribution in [3.8, 4) is 5.75 Å². The monoisotopic (exact) mass is 280 g/mol. The molecule has 0 atom stereocenters. The van der Waals surface area contributed by atoms with Crippen molar-refractivity contribution in [2.45, 2.75) is 26.7 Å². The van der Waals surface area contributed by atoms with E-state index in [1.165, 1.54) is 0 Å². The van der Waals surface area contributed by atoms with Crippen molar-refractivity contribution >= 4 is 11.6 Å². The Kier molecular flexibility index (Phi) is 7.50. The second-order valence-electron chi connectivity index (χ2n) is 4.43. The Labute approximate surface area is 120 Å². The Morgan fingerprint density at radius 1 is 1.25 bits per heavy atom. The van der Waals surface area contributed by atoms with Crippen molar-refractivity contribution in [2.75, 3.05) is 32.1 Å². The van der Waals surface area contributed by atoms with Crippen LogP contribution in [0.25, 0.3) is 0 Å². The normalized spacial score (nSPS) is 10.3. The molecule has 0 aliphatic rings. The number of hydrogen-bond acceptors (Lipinski definition) is 4. The highest BCUT2D eigenvalue weighted by Gasteiger charge is 2.07. The molecule has 1 aromatic rings. The maximum absolute atomic E-state index is 11.6. The average molecular weight is 280 g/mol. The zero-order valence-electron chi connectivity index (χ0n) is 12.3. The Hall–Kier alpha value is -1.75. The summed E-state index contributed by atoms with van der Waals surface area (Å²) in [6.07, 6.45) is 2.18. The topological polar surface area (TPSA) is 73.6 Å². The maximum Gasteiger partial charge on any atom is 0.251 e. The fraction of sp³-hybridized carbons (Fsp3) is 0.533. The largest absolute Gasteiger partial charge is 0.489 e. The van der Waals surface area contributed by atoms with Crippen molar-refractivity contribution in [3.63, 3.8) is 0 Å². The van der Waals surface area contributed by atoms with Gasteiger partial charge in [-0.1, -0.05) is 13.3 Å². The van der Waals surface area contributed by atoms with E-state index in [1.807, 2.05) is 6.92 Å². The molecule has 0 bridgehead atoms. The Balaban J connectivity index is 2.42. The van der Waals surface area contributed by atoms with E-state index < -0.39 is 0 Å². The van der Waals surface area contributed by atoms with E-state index in [9.17, 15) is 4.79 Å². The molecule has 20 heavy (non-hydrogen) atoms. The van der Waals surface area contributed by atoms with E-state index >= 15 is 0 Å². The number of amides is 1. The molecule has 1 amide bonds. The molecule has 5 nitrogen and oxygen atoms in total. The van der Waals surface area contributed by atoms with Gasteiger partial charge in [0.15, 0.2) is 0 Å². The van der Waals surface area contributed by atoms with Gasteiger partial charge in [-0.2, -0.15) is 0 Å². The predicted molar refractivity (Wildman–Crippen MR) is 80.1 cm³/mol. The standard InChI is InChI=1S/C15H24N2O3/c1-3-5-8-19-9-10-20-14-7-6-12(11-13(14)16)15(18)17-4-2/h6-7,11H,3-5,8-10,16H2,1-2H3,(H,17,18). The minimum Gasteiger partial charge on any atom is -0.489 e. The fourth-order valence-electron chi connectivity index (χ4n) is 1.64. The van der Waals surface area contributed by atoms with Crippen LogP contribution in [-0.2, 0) is 4.74 Å². The summed E-state index contributed by atoms with van der Waals surface area (Å²) in [6, 6.07) is 5.04. The summed E-state index contributed by atoms with van der Waals surface area (Å²) < 4.78 is 10.9. The van der Waals surface area contributed by atoms with Crippen molar-refractivity contribution in [1.29, 1.82) is 0 Å². The molecule has 3 N–H and O–H groups in total. The lowest BCUT2D eigenvalue weighted by Gasteiger charge is -2.10. The van der Waals surface area contributed by atoms with Gasteiger partial charge in [-0.05, 0) is 31.5 Å². The zero-order chi connectivity index (χ0) is 14.8. The van der Waals surface area contributed by atoms with Crippen molar-refractivity contribution in [2.24, 2.45) is 0 Å². The number of nitrogens with two attached hydrogens (primary N) is 1. The summed E-state index contributed by atoms with van der Waals surface area (Å²) in [5, 5.41) is 2.73. The van der Waals surface area contributed by atoms with Gasteiger partial charge in [0.1, 0.15) is 12.4 Å². The van der Waals surface area contributed by atoms with Crippen molar-refractivity contribution < 1.29 is 14.3 Å². The molecule has 112 valence electrons. The number of benzene rings is 1. The summed E-state index contributed by atoms with van der Waals surface area (Å²) in [5.74, 6) is 0.450. The molecule has 1 rings (SSSR count). The van der Waals surface area contributed by atoms with E-state index in [-0.39, 0.29) is 5.91 Å².